The van der Waals surface area contributed by atoms with Gasteiger partial charge >= 0.3 is 0 Å². The molecule has 0 spiro atoms. The third-order valence-corrected chi connectivity index (χ3v) is 4.70. The molecular formula is C18H22Cl2FN3O. The lowest BCUT2D eigenvalue weighted by Gasteiger charge is -2.13. The Morgan fingerprint density at radius 2 is 2.04 bits per heavy atom. The summed E-state index contributed by atoms with van der Waals surface area (Å²) in [5.74, 6) is -0.0314. The van der Waals surface area contributed by atoms with Gasteiger partial charge in [0, 0.05) is 29.6 Å². The van der Waals surface area contributed by atoms with E-state index in [1.807, 2.05) is 6.07 Å². The van der Waals surface area contributed by atoms with E-state index in [4.69, 9.17) is 0 Å². The largest absolute Gasteiger partial charge is 0.350 e. The second kappa shape index (κ2) is 8.30. The fourth-order valence-corrected chi connectivity index (χ4v) is 3.24. The summed E-state index contributed by atoms with van der Waals surface area (Å²) < 4.78 is 13.6. The topological polar surface area (TPSA) is 54.0 Å². The van der Waals surface area contributed by atoms with Crippen molar-refractivity contribution in [3.8, 4) is 0 Å². The molecule has 1 aromatic heterocycles. The lowest BCUT2D eigenvalue weighted by atomic mass is 10.0. The molecule has 2 aliphatic rings. The van der Waals surface area contributed by atoms with Crippen LogP contribution in [-0.4, -0.2) is 30.0 Å². The molecule has 2 N–H and O–H groups in total. The zero-order valence-corrected chi connectivity index (χ0v) is 15.4. The number of nitrogens with one attached hydrogen (secondary N) is 2. The van der Waals surface area contributed by atoms with Crippen molar-refractivity contribution in [2.45, 2.75) is 37.6 Å². The number of aromatic nitrogens is 1. The van der Waals surface area contributed by atoms with Crippen LogP contribution in [0.15, 0.2) is 24.3 Å². The van der Waals surface area contributed by atoms with Crippen molar-refractivity contribution in [2.75, 3.05) is 13.1 Å². The Balaban J connectivity index is 0.00000113. The van der Waals surface area contributed by atoms with Gasteiger partial charge in [0.25, 0.3) is 5.91 Å². The van der Waals surface area contributed by atoms with Crippen molar-refractivity contribution >= 4 is 41.6 Å². The molecule has 0 bridgehead atoms. The number of halogens is 3. The second-order valence-electron chi connectivity index (χ2n) is 6.53. The standard InChI is InChI=1S/C18H20FN3O.2ClH/c19-12-5-6-16-14(8-12)15(9-17(22-16)11-3-4-11)18(23)21-10-13-2-1-7-20-13;;/h5-6,8-9,11,13,20H,1-4,7,10H2,(H,21,23);2*1H. The molecule has 25 heavy (non-hydrogen) atoms. The van der Waals surface area contributed by atoms with Crippen LogP contribution in [0.4, 0.5) is 4.39 Å². The van der Waals surface area contributed by atoms with Crippen molar-refractivity contribution in [2.24, 2.45) is 0 Å². The molecule has 1 saturated carbocycles. The van der Waals surface area contributed by atoms with Crippen LogP contribution in [0, 0.1) is 5.82 Å². The van der Waals surface area contributed by atoms with Crippen LogP contribution in [0.1, 0.15) is 47.7 Å². The summed E-state index contributed by atoms with van der Waals surface area (Å²) in [5, 5.41) is 6.94. The van der Waals surface area contributed by atoms with Gasteiger partial charge in [-0.2, -0.15) is 0 Å². The first-order valence-corrected chi connectivity index (χ1v) is 8.32. The molecule has 136 valence electrons. The first-order chi connectivity index (χ1) is 11.2. The zero-order valence-electron chi connectivity index (χ0n) is 13.8. The molecule has 4 nitrogen and oxygen atoms in total. The van der Waals surface area contributed by atoms with Gasteiger partial charge in [0.1, 0.15) is 5.82 Å². The van der Waals surface area contributed by atoms with E-state index in [0.717, 1.165) is 37.9 Å². The van der Waals surface area contributed by atoms with E-state index >= 15 is 0 Å². The molecule has 1 amide bonds. The number of amides is 1. The maximum absolute atomic E-state index is 13.6. The van der Waals surface area contributed by atoms with Gasteiger partial charge < -0.3 is 10.6 Å². The third kappa shape index (κ3) is 4.40. The molecule has 2 fully saturated rings. The highest BCUT2D eigenvalue weighted by molar-refractivity contribution is 6.06. The number of benzene rings is 1. The van der Waals surface area contributed by atoms with Gasteiger partial charge in [0.05, 0.1) is 11.1 Å². The molecule has 2 aromatic rings. The number of hydrogen-bond acceptors (Lipinski definition) is 3. The Kier molecular flexibility index (Phi) is 6.60. The number of fused-ring (bicyclic) bond motifs is 1. The Morgan fingerprint density at radius 1 is 1.24 bits per heavy atom. The number of carbonyl (C=O) groups is 1. The number of carbonyl (C=O) groups excluding carboxylic acids is 1. The van der Waals surface area contributed by atoms with Crippen LogP contribution in [0.5, 0.6) is 0 Å². The SMILES string of the molecule is Cl.Cl.O=C(NCC1CCCN1)c1cc(C2CC2)nc2ccc(F)cc12. The Morgan fingerprint density at radius 3 is 2.72 bits per heavy atom. The van der Waals surface area contributed by atoms with Crippen molar-refractivity contribution in [1.29, 1.82) is 0 Å². The number of rotatable bonds is 4. The minimum absolute atomic E-state index is 0. The summed E-state index contributed by atoms with van der Waals surface area (Å²) in [5.41, 5.74) is 2.18. The molecule has 1 aliphatic heterocycles. The summed E-state index contributed by atoms with van der Waals surface area (Å²) >= 11 is 0. The van der Waals surface area contributed by atoms with Gasteiger partial charge in [0.15, 0.2) is 0 Å². The van der Waals surface area contributed by atoms with E-state index in [1.165, 1.54) is 12.1 Å². The van der Waals surface area contributed by atoms with Crippen molar-refractivity contribution in [1.82, 2.24) is 15.6 Å². The van der Waals surface area contributed by atoms with Gasteiger partial charge in [-0.3, -0.25) is 9.78 Å². The maximum Gasteiger partial charge on any atom is 0.252 e. The van der Waals surface area contributed by atoms with E-state index in [-0.39, 0.29) is 36.5 Å². The second-order valence-corrected chi connectivity index (χ2v) is 6.53. The zero-order chi connectivity index (χ0) is 15.8. The maximum atomic E-state index is 13.6. The van der Waals surface area contributed by atoms with Crippen LogP contribution in [0.3, 0.4) is 0 Å². The number of pyridine rings is 1. The molecular weight excluding hydrogens is 364 g/mol. The molecule has 1 unspecified atom stereocenters. The average Bonchev–Trinajstić information content (AvgIpc) is 3.28. The predicted molar refractivity (Wildman–Crippen MR) is 102 cm³/mol. The summed E-state index contributed by atoms with van der Waals surface area (Å²) in [4.78, 5) is 17.2. The molecule has 1 aromatic carbocycles. The average molecular weight is 386 g/mol. The lowest BCUT2D eigenvalue weighted by Crippen LogP contribution is -2.37. The Hall–Kier alpha value is -1.43. The highest BCUT2D eigenvalue weighted by atomic mass is 35.5. The number of hydrogen-bond donors (Lipinski definition) is 2. The van der Waals surface area contributed by atoms with Crippen LogP contribution in [0.2, 0.25) is 0 Å². The van der Waals surface area contributed by atoms with Crippen LogP contribution in [-0.2, 0) is 0 Å². The minimum atomic E-state index is -0.343. The van der Waals surface area contributed by atoms with E-state index in [1.54, 1.807) is 6.07 Å². The van der Waals surface area contributed by atoms with E-state index in [0.29, 0.717) is 35.0 Å². The predicted octanol–water partition coefficient (Wildman–Crippen LogP) is 3.58. The van der Waals surface area contributed by atoms with E-state index < -0.39 is 0 Å². The monoisotopic (exact) mass is 385 g/mol. The number of nitrogens with zero attached hydrogens (tertiary/aromatic N) is 1. The van der Waals surface area contributed by atoms with Gasteiger partial charge in [-0.05, 0) is 56.5 Å². The summed E-state index contributed by atoms with van der Waals surface area (Å²) in [7, 11) is 0. The van der Waals surface area contributed by atoms with Crippen molar-refractivity contribution < 1.29 is 9.18 Å². The first kappa shape index (κ1) is 19.9. The third-order valence-electron chi connectivity index (χ3n) is 4.70. The van der Waals surface area contributed by atoms with Gasteiger partial charge in [-0.15, -0.1) is 24.8 Å². The quantitative estimate of drug-likeness (QED) is 0.845. The molecule has 1 saturated heterocycles. The normalized spacial score (nSPS) is 19.2. The van der Waals surface area contributed by atoms with Gasteiger partial charge in [-0.25, -0.2) is 4.39 Å². The Bertz CT molecular complexity index is 761. The smallest absolute Gasteiger partial charge is 0.252 e. The highest BCUT2D eigenvalue weighted by Crippen LogP contribution is 2.40. The van der Waals surface area contributed by atoms with E-state index in [9.17, 15) is 9.18 Å². The fourth-order valence-electron chi connectivity index (χ4n) is 3.24. The van der Waals surface area contributed by atoms with Gasteiger partial charge in [-0.1, -0.05) is 0 Å². The van der Waals surface area contributed by atoms with Crippen LogP contribution in [0.25, 0.3) is 10.9 Å². The minimum Gasteiger partial charge on any atom is -0.350 e. The fraction of sp³-hybridized carbons (Fsp3) is 0.444. The van der Waals surface area contributed by atoms with Gasteiger partial charge in [0.2, 0.25) is 0 Å². The lowest BCUT2D eigenvalue weighted by molar-refractivity contribution is 0.0952. The van der Waals surface area contributed by atoms with Crippen molar-refractivity contribution in [3.63, 3.8) is 0 Å². The molecule has 0 radical (unpaired) electrons. The summed E-state index contributed by atoms with van der Waals surface area (Å²) in [6.07, 6.45) is 4.47. The highest BCUT2D eigenvalue weighted by Gasteiger charge is 2.27. The Labute approximate surface area is 158 Å². The molecule has 1 aliphatic carbocycles. The van der Waals surface area contributed by atoms with Crippen LogP contribution < -0.4 is 10.6 Å². The summed E-state index contributed by atoms with van der Waals surface area (Å²) in [6, 6.07) is 6.65. The van der Waals surface area contributed by atoms with Crippen molar-refractivity contribution in [3.05, 3.63) is 41.3 Å². The molecule has 7 heteroatoms. The molecule has 4 rings (SSSR count). The molecule has 2 heterocycles. The van der Waals surface area contributed by atoms with Crippen LogP contribution >= 0.6 is 24.8 Å². The molecule has 1 atom stereocenters. The first-order valence-electron chi connectivity index (χ1n) is 8.32. The summed E-state index contributed by atoms with van der Waals surface area (Å²) in [6.45, 7) is 1.62. The van der Waals surface area contributed by atoms with E-state index in [2.05, 4.69) is 15.6 Å².